The molecule has 1 rings (SSSR count). The van der Waals surface area contributed by atoms with E-state index in [9.17, 15) is 4.79 Å². The fourth-order valence-electron chi connectivity index (χ4n) is 0.729. The first-order chi connectivity index (χ1) is 6.22. The maximum atomic E-state index is 10.1. The highest BCUT2D eigenvalue weighted by Gasteiger charge is 2.00. The van der Waals surface area contributed by atoms with Crippen LogP contribution in [0.2, 0.25) is 0 Å². The van der Waals surface area contributed by atoms with Crippen LogP contribution in [0, 0.1) is 11.5 Å². The van der Waals surface area contributed by atoms with Crippen LogP contribution in [0.3, 0.4) is 0 Å². The zero-order valence-corrected chi connectivity index (χ0v) is 6.43. The fourth-order valence-corrected chi connectivity index (χ4v) is 0.729. The van der Waals surface area contributed by atoms with Crippen molar-refractivity contribution in [1.29, 1.82) is 5.26 Å². The van der Waals surface area contributed by atoms with Gasteiger partial charge in [0.05, 0.1) is 0 Å². The summed E-state index contributed by atoms with van der Waals surface area (Å²) >= 11 is 0. The molecule has 0 bridgehead atoms. The number of benzene rings is 1. The van der Waals surface area contributed by atoms with E-state index in [0.29, 0.717) is 5.75 Å². The van der Waals surface area contributed by atoms with Crippen LogP contribution >= 0.6 is 0 Å². The molecule has 66 valence electrons. The van der Waals surface area contributed by atoms with Crippen LogP contribution in [-0.4, -0.2) is 11.3 Å². The molecule has 1 aromatic carbocycles. The number of rotatable bonds is 2. The van der Waals surface area contributed by atoms with Gasteiger partial charge in [0.1, 0.15) is 11.5 Å². The van der Waals surface area contributed by atoms with E-state index >= 15 is 0 Å². The van der Waals surface area contributed by atoms with Gasteiger partial charge in [0.25, 0.3) is 6.26 Å². The molecule has 0 heterocycles. The molecule has 0 aliphatic carbocycles. The highest BCUT2D eigenvalue weighted by atomic mass is 16.7. The van der Waals surface area contributed by atoms with E-state index in [2.05, 4.69) is 9.47 Å². The van der Waals surface area contributed by atoms with Crippen LogP contribution in [0.25, 0.3) is 0 Å². The Bertz CT molecular complexity index is 338. The Morgan fingerprint density at radius 1 is 1.31 bits per heavy atom. The van der Waals surface area contributed by atoms with Crippen LogP contribution in [0.15, 0.2) is 24.3 Å². The topological polar surface area (TPSA) is 79.5 Å². The summed E-state index contributed by atoms with van der Waals surface area (Å²) in [6.07, 6.45) is 0.106. The Morgan fingerprint density at radius 2 is 1.85 bits per heavy atom. The predicted octanol–water partition coefficient (Wildman–Crippen LogP) is 1.60. The minimum absolute atomic E-state index is 0.179. The Labute approximate surface area is 73.7 Å². The summed E-state index contributed by atoms with van der Waals surface area (Å²) in [5.41, 5.74) is 0. The largest absolute Gasteiger partial charge is 0.511 e. The summed E-state index contributed by atoms with van der Waals surface area (Å²) in [5, 5.41) is 16.4. The van der Waals surface area contributed by atoms with Gasteiger partial charge in [0.2, 0.25) is 0 Å². The Hall–Kier alpha value is -2.22. The molecule has 0 spiro atoms. The number of hydrogen-bond acceptors (Lipinski definition) is 4. The minimum atomic E-state index is -1.38. The van der Waals surface area contributed by atoms with Crippen molar-refractivity contribution >= 4 is 6.16 Å². The molecular formula is C8H5NO4. The molecular weight excluding hydrogens is 174 g/mol. The van der Waals surface area contributed by atoms with E-state index in [1.807, 2.05) is 0 Å². The highest BCUT2D eigenvalue weighted by molar-refractivity contribution is 5.61. The lowest BCUT2D eigenvalue weighted by Gasteiger charge is -1.99. The number of nitriles is 1. The quantitative estimate of drug-likeness (QED) is 0.423. The SMILES string of the molecule is N#COc1ccc(OC(=O)O)cc1. The number of carboxylic acid groups (broad SMARTS) is 1. The average molecular weight is 179 g/mol. The number of hydrogen-bond donors (Lipinski definition) is 1. The van der Waals surface area contributed by atoms with Gasteiger partial charge in [-0.3, -0.25) is 0 Å². The van der Waals surface area contributed by atoms with Crippen LogP contribution in [0.5, 0.6) is 11.5 Å². The van der Waals surface area contributed by atoms with Crippen molar-refractivity contribution in [2.75, 3.05) is 0 Å². The van der Waals surface area contributed by atoms with Gasteiger partial charge in [-0.05, 0) is 24.3 Å². The normalized spacial score (nSPS) is 8.54. The van der Waals surface area contributed by atoms with Gasteiger partial charge in [0, 0.05) is 0 Å². The summed E-state index contributed by atoms with van der Waals surface area (Å²) in [6, 6.07) is 5.64. The van der Waals surface area contributed by atoms with Crippen molar-refractivity contribution in [2.45, 2.75) is 0 Å². The first kappa shape index (κ1) is 8.87. The van der Waals surface area contributed by atoms with Crippen LogP contribution in [0.4, 0.5) is 4.79 Å². The van der Waals surface area contributed by atoms with Gasteiger partial charge in [-0.2, -0.15) is 0 Å². The first-order valence-corrected chi connectivity index (χ1v) is 3.29. The standard InChI is InChI=1S/C8H5NO4/c9-5-12-6-1-3-7(4-2-6)13-8(10)11/h1-4H,(H,10,11). The second kappa shape index (κ2) is 3.97. The zero-order valence-electron chi connectivity index (χ0n) is 6.43. The van der Waals surface area contributed by atoms with Gasteiger partial charge in [-0.25, -0.2) is 4.79 Å². The van der Waals surface area contributed by atoms with E-state index in [0.717, 1.165) is 0 Å². The summed E-state index contributed by atoms with van der Waals surface area (Å²) in [6.45, 7) is 0. The molecule has 5 heteroatoms. The second-order valence-corrected chi connectivity index (χ2v) is 2.03. The van der Waals surface area contributed by atoms with Crippen LogP contribution in [0.1, 0.15) is 0 Å². The molecule has 0 amide bonds. The molecule has 0 atom stereocenters. The minimum Gasteiger partial charge on any atom is -0.449 e. The third kappa shape index (κ3) is 2.71. The van der Waals surface area contributed by atoms with Gasteiger partial charge < -0.3 is 14.6 Å². The molecule has 13 heavy (non-hydrogen) atoms. The average Bonchev–Trinajstić information content (AvgIpc) is 2.08. The van der Waals surface area contributed by atoms with Crippen molar-refractivity contribution in [2.24, 2.45) is 0 Å². The molecule has 5 nitrogen and oxygen atoms in total. The molecule has 0 aliphatic heterocycles. The van der Waals surface area contributed by atoms with Crippen LogP contribution in [-0.2, 0) is 0 Å². The Kier molecular flexibility index (Phi) is 2.71. The number of nitrogens with zero attached hydrogens (tertiary/aromatic N) is 1. The Balaban J connectivity index is 2.70. The molecule has 0 saturated heterocycles. The van der Waals surface area contributed by atoms with Gasteiger partial charge in [-0.15, -0.1) is 5.26 Å². The molecule has 0 fully saturated rings. The lowest BCUT2D eigenvalue weighted by Crippen LogP contribution is -2.02. The van der Waals surface area contributed by atoms with E-state index in [1.54, 1.807) is 0 Å². The Morgan fingerprint density at radius 3 is 2.31 bits per heavy atom. The molecule has 0 unspecified atom stereocenters. The maximum absolute atomic E-state index is 10.1. The highest BCUT2D eigenvalue weighted by Crippen LogP contribution is 2.17. The second-order valence-electron chi connectivity index (χ2n) is 2.03. The summed E-state index contributed by atoms with van der Waals surface area (Å²) in [7, 11) is 0. The van der Waals surface area contributed by atoms with Crippen molar-refractivity contribution in [1.82, 2.24) is 0 Å². The van der Waals surface area contributed by atoms with Crippen LogP contribution < -0.4 is 9.47 Å². The van der Waals surface area contributed by atoms with Gasteiger partial charge >= 0.3 is 6.16 Å². The summed E-state index contributed by atoms with van der Waals surface area (Å²) in [4.78, 5) is 10.1. The van der Waals surface area contributed by atoms with Crippen molar-refractivity contribution in [3.05, 3.63) is 24.3 Å². The fraction of sp³-hybridized carbons (Fsp3) is 0. The van der Waals surface area contributed by atoms with Crippen molar-refractivity contribution < 1.29 is 19.4 Å². The van der Waals surface area contributed by atoms with E-state index in [1.165, 1.54) is 30.5 Å². The maximum Gasteiger partial charge on any atom is 0.511 e. The molecule has 1 aromatic rings. The van der Waals surface area contributed by atoms with E-state index in [4.69, 9.17) is 10.4 Å². The monoisotopic (exact) mass is 179 g/mol. The number of carbonyl (C=O) groups is 1. The molecule has 0 saturated carbocycles. The first-order valence-electron chi connectivity index (χ1n) is 3.29. The third-order valence-electron chi connectivity index (χ3n) is 1.19. The van der Waals surface area contributed by atoms with Crippen molar-refractivity contribution in [3.63, 3.8) is 0 Å². The third-order valence-corrected chi connectivity index (χ3v) is 1.19. The molecule has 1 N–H and O–H groups in total. The smallest absolute Gasteiger partial charge is 0.449 e. The summed E-state index contributed by atoms with van der Waals surface area (Å²) < 4.78 is 8.79. The predicted molar refractivity (Wildman–Crippen MR) is 41.3 cm³/mol. The van der Waals surface area contributed by atoms with Gasteiger partial charge in [-0.1, -0.05) is 0 Å². The molecule has 0 radical (unpaired) electrons. The molecule has 0 aliphatic rings. The van der Waals surface area contributed by atoms with E-state index < -0.39 is 6.16 Å². The summed E-state index contributed by atoms with van der Waals surface area (Å²) in [5.74, 6) is 0.512. The van der Waals surface area contributed by atoms with Crippen molar-refractivity contribution in [3.8, 4) is 17.8 Å². The lowest BCUT2D eigenvalue weighted by molar-refractivity contribution is 0.144. The molecule has 0 aromatic heterocycles. The van der Waals surface area contributed by atoms with Gasteiger partial charge in [0.15, 0.2) is 0 Å². The lowest BCUT2D eigenvalue weighted by atomic mass is 10.3. The van der Waals surface area contributed by atoms with E-state index in [-0.39, 0.29) is 5.75 Å². The number of ether oxygens (including phenoxy) is 2. The zero-order chi connectivity index (χ0) is 9.68.